The number of thiazole rings is 1. The molecule has 7 heteroatoms. The molecule has 3 heterocycles. The van der Waals surface area contributed by atoms with Crippen molar-refractivity contribution in [3.05, 3.63) is 71.1 Å². The van der Waals surface area contributed by atoms with Crippen LogP contribution in [0.1, 0.15) is 13.8 Å². The van der Waals surface area contributed by atoms with E-state index < -0.39 is 0 Å². The number of hydrogen-bond acceptors (Lipinski definition) is 5. The van der Waals surface area contributed by atoms with Gasteiger partial charge in [-0.15, -0.1) is 0 Å². The molecule has 0 N–H and O–H groups in total. The maximum absolute atomic E-state index is 12.7. The summed E-state index contributed by atoms with van der Waals surface area (Å²) >= 11 is 1.49. The van der Waals surface area contributed by atoms with Crippen LogP contribution < -0.4 is 10.4 Å². The molecule has 0 atom stereocenters. The average Bonchev–Trinajstić information content (AvgIpc) is 3.27. The summed E-state index contributed by atoms with van der Waals surface area (Å²) in [5.74, 6) is 0.879. The lowest BCUT2D eigenvalue weighted by atomic mass is 10.1. The highest BCUT2D eigenvalue weighted by Crippen LogP contribution is 2.31. The Balaban J connectivity index is 1.50. The number of para-hydroxylation sites is 1. The molecular formula is C24H22N4O2S. The molecule has 6 nitrogen and oxygen atoms in total. The zero-order chi connectivity index (χ0) is 21.5. The Kier molecular flexibility index (Phi) is 4.82. The van der Waals surface area contributed by atoms with Crippen molar-refractivity contribution in [3.63, 3.8) is 0 Å². The molecular weight excluding hydrogens is 408 g/mol. The molecule has 0 unspecified atom stereocenters. The first-order chi connectivity index (χ1) is 15.0. The number of nitrogens with zero attached hydrogens (tertiary/aromatic N) is 4. The Labute approximate surface area is 183 Å². The number of fused-ring (bicyclic) bond motifs is 2. The summed E-state index contributed by atoms with van der Waals surface area (Å²) in [7, 11) is 1.81. The first kappa shape index (κ1) is 19.5. The van der Waals surface area contributed by atoms with Crippen molar-refractivity contribution in [1.82, 2.24) is 19.1 Å². The fourth-order valence-corrected chi connectivity index (χ4v) is 4.55. The highest BCUT2D eigenvalue weighted by atomic mass is 32.1. The molecule has 0 fully saturated rings. The van der Waals surface area contributed by atoms with Crippen molar-refractivity contribution in [2.45, 2.75) is 20.4 Å². The quantitative estimate of drug-likeness (QED) is 0.371. The maximum atomic E-state index is 12.7. The minimum Gasteiger partial charge on any atom is -0.412 e. The SMILES string of the molecule is CC(C)Cn1c(=O)n(C)c2cc(-c3cccc(Oc4nc5ccccc5s4)n3)ccc21. The molecule has 156 valence electrons. The molecule has 31 heavy (non-hydrogen) atoms. The number of rotatable bonds is 5. The van der Waals surface area contributed by atoms with Gasteiger partial charge in [-0.25, -0.2) is 14.8 Å². The third kappa shape index (κ3) is 3.61. The van der Waals surface area contributed by atoms with Gasteiger partial charge >= 0.3 is 5.69 Å². The number of aromatic nitrogens is 4. The van der Waals surface area contributed by atoms with E-state index in [2.05, 4.69) is 23.8 Å². The van der Waals surface area contributed by atoms with E-state index in [4.69, 9.17) is 4.74 Å². The highest BCUT2D eigenvalue weighted by molar-refractivity contribution is 7.20. The van der Waals surface area contributed by atoms with Crippen molar-refractivity contribution in [3.8, 4) is 22.3 Å². The van der Waals surface area contributed by atoms with Crippen LogP contribution >= 0.6 is 11.3 Å². The summed E-state index contributed by atoms with van der Waals surface area (Å²) in [5, 5.41) is 0.564. The second-order valence-corrected chi connectivity index (χ2v) is 8.95. The van der Waals surface area contributed by atoms with Crippen LogP contribution in [-0.2, 0) is 13.6 Å². The van der Waals surface area contributed by atoms with Gasteiger partial charge in [0, 0.05) is 25.2 Å². The van der Waals surface area contributed by atoms with Gasteiger partial charge in [0.1, 0.15) is 0 Å². The average molecular weight is 431 g/mol. The third-order valence-electron chi connectivity index (χ3n) is 5.18. The van der Waals surface area contributed by atoms with Gasteiger partial charge in [-0.1, -0.05) is 49.4 Å². The van der Waals surface area contributed by atoms with Gasteiger partial charge < -0.3 is 4.74 Å². The molecule has 0 radical (unpaired) electrons. The van der Waals surface area contributed by atoms with E-state index in [0.717, 1.165) is 32.5 Å². The molecule has 0 aliphatic heterocycles. The summed E-state index contributed by atoms with van der Waals surface area (Å²) in [4.78, 5) is 21.9. The summed E-state index contributed by atoms with van der Waals surface area (Å²) < 4.78 is 10.5. The summed E-state index contributed by atoms with van der Waals surface area (Å²) in [5.41, 5.74) is 4.45. The lowest BCUT2D eigenvalue weighted by Crippen LogP contribution is -2.24. The van der Waals surface area contributed by atoms with E-state index in [1.807, 2.05) is 72.3 Å². The van der Waals surface area contributed by atoms with Gasteiger partial charge in [0.25, 0.3) is 5.19 Å². The maximum Gasteiger partial charge on any atom is 0.328 e. The number of ether oxygens (including phenoxy) is 1. The molecule has 0 saturated carbocycles. The molecule has 0 aliphatic carbocycles. The van der Waals surface area contributed by atoms with Gasteiger partial charge in [0.2, 0.25) is 5.88 Å². The smallest absolute Gasteiger partial charge is 0.328 e. The molecule has 0 amide bonds. The summed E-state index contributed by atoms with van der Waals surface area (Å²) in [6, 6.07) is 19.6. The van der Waals surface area contributed by atoms with Crippen LogP contribution in [-0.4, -0.2) is 19.1 Å². The van der Waals surface area contributed by atoms with Crippen LogP contribution in [0.2, 0.25) is 0 Å². The predicted octanol–water partition coefficient (Wildman–Crippen LogP) is 5.46. The normalized spacial score (nSPS) is 11.6. The van der Waals surface area contributed by atoms with Crippen LogP contribution in [0.15, 0.2) is 65.5 Å². The minimum atomic E-state index is 0.00160. The minimum absolute atomic E-state index is 0.00160. The van der Waals surface area contributed by atoms with E-state index in [1.165, 1.54) is 11.3 Å². The number of hydrogen-bond donors (Lipinski definition) is 0. The molecule has 3 aromatic heterocycles. The third-order valence-corrected chi connectivity index (χ3v) is 6.09. The van der Waals surface area contributed by atoms with E-state index in [1.54, 1.807) is 4.57 Å². The fraction of sp³-hybridized carbons (Fsp3) is 0.208. The first-order valence-electron chi connectivity index (χ1n) is 10.2. The van der Waals surface area contributed by atoms with Crippen LogP contribution in [0.4, 0.5) is 0 Å². The van der Waals surface area contributed by atoms with Gasteiger partial charge in [-0.3, -0.25) is 9.13 Å². The predicted molar refractivity (Wildman–Crippen MR) is 125 cm³/mol. The van der Waals surface area contributed by atoms with Crippen LogP contribution in [0.25, 0.3) is 32.5 Å². The number of benzene rings is 2. The Morgan fingerprint density at radius 3 is 2.65 bits per heavy atom. The molecule has 0 saturated heterocycles. The molecule has 0 spiro atoms. The van der Waals surface area contributed by atoms with Crippen LogP contribution in [0.3, 0.4) is 0 Å². The Morgan fingerprint density at radius 2 is 1.84 bits per heavy atom. The van der Waals surface area contributed by atoms with E-state index in [9.17, 15) is 4.79 Å². The van der Waals surface area contributed by atoms with Crippen LogP contribution in [0.5, 0.6) is 11.1 Å². The van der Waals surface area contributed by atoms with Gasteiger partial charge in [-0.2, -0.15) is 0 Å². The van der Waals surface area contributed by atoms with Gasteiger partial charge in [-0.05, 0) is 36.2 Å². The standard InChI is InChI=1S/C24H22N4O2S/c1-15(2)14-28-19-12-11-16(13-20(19)27(3)24(28)29)17-8-6-10-22(25-17)30-23-26-18-7-4-5-9-21(18)31-23/h4-13,15H,14H2,1-3H3. The van der Waals surface area contributed by atoms with Gasteiger partial charge in [0.15, 0.2) is 0 Å². The van der Waals surface area contributed by atoms with Crippen LogP contribution in [0, 0.1) is 5.92 Å². The second-order valence-electron chi connectivity index (χ2n) is 7.96. The lowest BCUT2D eigenvalue weighted by molar-refractivity contribution is 0.461. The summed E-state index contributed by atoms with van der Waals surface area (Å²) in [6.45, 7) is 4.92. The van der Waals surface area contributed by atoms with E-state index in [0.29, 0.717) is 23.5 Å². The topological polar surface area (TPSA) is 61.9 Å². The molecule has 0 bridgehead atoms. The Morgan fingerprint density at radius 1 is 1.00 bits per heavy atom. The van der Waals surface area contributed by atoms with Gasteiger partial charge in [0.05, 0.1) is 26.9 Å². The van der Waals surface area contributed by atoms with Crippen molar-refractivity contribution < 1.29 is 4.74 Å². The van der Waals surface area contributed by atoms with Crippen molar-refractivity contribution in [2.75, 3.05) is 0 Å². The number of pyridine rings is 1. The molecule has 5 rings (SSSR count). The number of aryl methyl sites for hydroxylation is 1. The largest absolute Gasteiger partial charge is 0.412 e. The summed E-state index contributed by atoms with van der Waals surface area (Å²) in [6.07, 6.45) is 0. The van der Waals surface area contributed by atoms with E-state index in [-0.39, 0.29) is 5.69 Å². The fourth-order valence-electron chi connectivity index (χ4n) is 3.73. The van der Waals surface area contributed by atoms with Crippen molar-refractivity contribution in [1.29, 1.82) is 0 Å². The zero-order valence-electron chi connectivity index (χ0n) is 17.6. The zero-order valence-corrected chi connectivity index (χ0v) is 18.4. The van der Waals surface area contributed by atoms with Crippen molar-refractivity contribution in [2.24, 2.45) is 13.0 Å². The second kappa shape index (κ2) is 7.67. The first-order valence-corrected chi connectivity index (χ1v) is 11.0. The lowest BCUT2D eigenvalue weighted by Gasteiger charge is -2.07. The monoisotopic (exact) mass is 430 g/mol. The number of imidazole rings is 1. The molecule has 5 aromatic rings. The van der Waals surface area contributed by atoms with Crippen molar-refractivity contribution >= 4 is 32.6 Å². The molecule has 0 aliphatic rings. The Hall–Kier alpha value is -3.45. The van der Waals surface area contributed by atoms with E-state index >= 15 is 0 Å². The molecule has 2 aromatic carbocycles. The Bertz CT molecular complexity index is 1430. The highest BCUT2D eigenvalue weighted by Gasteiger charge is 2.14.